The Hall–Kier alpha value is -2.42. The molecule has 3 rings (SSSR count). The summed E-state index contributed by atoms with van der Waals surface area (Å²) >= 11 is 5.28. The molecule has 1 aromatic rings. The standard InChI is InChI=1S/C19H27N5O3S/c1-11-4-3-5-15(12(11)2)21-19(28)23-22-18(25)13-6-9-16(20-14-7-8-14)17(10-13)24(26)27/h6,9-12,14-15,20H,3-5,7-8H2,1-2H3,(H,22,25)(H2,21,23,28)/t11-,12-,15-/m1/s1. The van der Waals surface area contributed by atoms with Crippen molar-refractivity contribution in [3.8, 4) is 0 Å². The van der Waals surface area contributed by atoms with Crippen LogP contribution < -0.4 is 21.5 Å². The quantitative estimate of drug-likeness (QED) is 0.339. The highest BCUT2D eigenvalue weighted by molar-refractivity contribution is 7.80. The predicted octanol–water partition coefficient (Wildman–Crippen LogP) is 3.10. The summed E-state index contributed by atoms with van der Waals surface area (Å²) in [6.07, 6.45) is 5.44. The topological polar surface area (TPSA) is 108 Å². The van der Waals surface area contributed by atoms with Crippen LogP contribution in [-0.4, -0.2) is 28.0 Å². The fourth-order valence-electron chi connectivity index (χ4n) is 3.57. The Balaban J connectivity index is 1.56. The molecule has 2 saturated carbocycles. The van der Waals surface area contributed by atoms with Crippen LogP contribution in [0.15, 0.2) is 18.2 Å². The minimum Gasteiger partial charge on any atom is -0.377 e. The van der Waals surface area contributed by atoms with Crippen LogP contribution in [0, 0.1) is 22.0 Å². The Labute approximate surface area is 170 Å². The molecule has 4 N–H and O–H groups in total. The summed E-state index contributed by atoms with van der Waals surface area (Å²) in [4.78, 5) is 23.2. The maximum Gasteiger partial charge on any atom is 0.293 e. The lowest BCUT2D eigenvalue weighted by Crippen LogP contribution is -2.52. The van der Waals surface area contributed by atoms with Crippen LogP contribution in [0.4, 0.5) is 11.4 Å². The first kappa shape index (κ1) is 20.3. The highest BCUT2D eigenvalue weighted by Crippen LogP contribution is 2.31. The Morgan fingerprint density at radius 1 is 1.18 bits per heavy atom. The van der Waals surface area contributed by atoms with Gasteiger partial charge in [0.15, 0.2) is 5.11 Å². The van der Waals surface area contributed by atoms with Crippen molar-refractivity contribution in [3.63, 3.8) is 0 Å². The van der Waals surface area contributed by atoms with Crippen molar-refractivity contribution in [1.29, 1.82) is 0 Å². The fraction of sp³-hybridized carbons (Fsp3) is 0.579. The molecule has 0 aliphatic heterocycles. The number of nitrogens with one attached hydrogen (secondary N) is 4. The molecule has 152 valence electrons. The molecule has 2 aliphatic carbocycles. The van der Waals surface area contributed by atoms with E-state index in [9.17, 15) is 14.9 Å². The van der Waals surface area contributed by atoms with Crippen LogP contribution in [0.2, 0.25) is 0 Å². The molecule has 0 spiro atoms. The SMILES string of the molecule is C[C@@H]1[C@H](C)CCC[C@H]1NC(=S)NNC(=O)c1ccc(NC2CC2)c([N+](=O)[O-])c1. The van der Waals surface area contributed by atoms with Crippen molar-refractivity contribution in [3.05, 3.63) is 33.9 Å². The molecule has 0 saturated heterocycles. The zero-order valence-corrected chi connectivity index (χ0v) is 17.0. The Morgan fingerprint density at radius 3 is 2.61 bits per heavy atom. The van der Waals surface area contributed by atoms with Gasteiger partial charge in [-0.3, -0.25) is 25.8 Å². The van der Waals surface area contributed by atoms with E-state index in [4.69, 9.17) is 12.2 Å². The van der Waals surface area contributed by atoms with Crippen LogP contribution >= 0.6 is 12.2 Å². The number of nitro benzene ring substituents is 1. The zero-order valence-electron chi connectivity index (χ0n) is 16.2. The van der Waals surface area contributed by atoms with Gasteiger partial charge in [0, 0.05) is 23.7 Å². The third kappa shape index (κ3) is 5.09. The van der Waals surface area contributed by atoms with Gasteiger partial charge in [-0.25, -0.2) is 0 Å². The lowest BCUT2D eigenvalue weighted by molar-refractivity contribution is -0.384. The molecule has 1 aromatic carbocycles. The number of rotatable bonds is 5. The predicted molar refractivity (Wildman–Crippen MR) is 112 cm³/mol. The van der Waals surface area contributed by atoms with E-state index in [1.54, 1.807) is 12.1 Å². The van der Waals surface area contributed by atoms with Gasteiger partial charge in [-0.2, -0.15) is 0 Å². The first-order chi connectivity index (χ1) is 13.3. The summed E-state index contributed by atoms with van der Waals surface area (Å²) < 4.78 is 0. The number of hydrogen-bond donors (Lipinski definition) is 4. The largest absolute Gasteiger partial charge is 0.377 e. The van der Waals surface area contributed by atoms with Gasteiger partial charge >= 0.3 is 0 Å². The van der Waals surface area contributed by atoms with Crippen molar-refractivity contribution >= 4 is 34.6 Å². The average molecular weight is 406 g/mol. The summed E-state index contributed by atoms with van der Waals surface area (Å²) in [6.45, 7) is 4.45. The maximum absolute atomic E-state index is 12.4. The monoisotopic (exact) mass is 405 g/mol. The molecule has 3 atom stereocenters. The van der Waals surface area contributed by atoms with E-state index in [1.165, 1.54) is 12.5 Å². The van der Waals surface area contributed by atoms with E-state index < -0.39 is 10.8 Å². The number of thiocarbonyl (C=S) groups is 1. The number of nitrogens with zero attached hydrogens (tertiary/aromatic N) is 1. The van der Waals surface area contributed by atoms with E-state index in [0.29, 0.717) is 22.6 Å². The third-order valence-electron chi connectivity index (χ3n) is 5.71. The smallest absolute Gasteiger partial charge is 0.293 e. The molecule has 2 aliphatic rings. The minimum atomic E-state index is -0.479. The van der Waals surface area contributed by atoms with E-state index in [0.717, 1.165) is 25.7 Å². The Kier molecular flexibility index (Phi) is 6.33. The van der Waals surface area contributed by atoms with Crippen LogP contribution in [0.3, 0.4) is 0 Å². The molecule has 0 unspecified atom stereocenters. The van der Waals surface area contributed by atoms with Gasteiger partial charge in [0.25, 0.3) is 11.6 Å². The molecule has 1 amide bonds. The second-order valence-corrected chi connectivity index (χ2v) is 8.24. The summed E-state index contributed by atoms with van der Waals surface area (Å²) in [5.41, 5.74) is 5.75. The zero-order chi connectivity index (χ0) is 20.3. The summed E-state index contributed by atoms with van der Waals surface area (Å²) in [7, 11) is 0. The van der Waals surface area contributed by atoms with Crippen molar-refractivity contribution in [2.75, 3.05) is 5.32 Å². The van der Waals surface area contributed by atoms with E-state index in [1.807, 2.05) is 0 Å². The molecule has 0 heterocycles. The van der Waals surface area contributed by atoms with Crippen LogP contribution in [0.1, 0.15) is 56.3 Å². The Morgan fingerprint density at radius 2 is 1.93 bits per heavy atom. The molecular weight excluding hydrogens is 378 g/mol. The summed E-state index contributed by atoms with van der Waals surface area (Å²) in [5, 5.41) is 18.1. The number of carbonyl (C=O) groups excluding carboxylic acids is 1. The number of hydrazine groups is 1. The first-order valence-corrected chi connectivity index (χ1v) is 10.2. The van der Waals surface area contributed by atoms with Gasteiger partial charge in [-0.15, -0.1) is 0 Å². The second kappa shape index (κ2) is 8.72. The van der Waals surface area contributed by atoms with Gasteiger partial charge in [0.05, 0.1) is 4.92 Å². The first-order valence-electron chi connectivity index (χ1n) is 9.77. The minimum absolute atomic E-state index is 0.106. The third-order valence-corrected chi connectivity index (χ3v) is 5.93. The van der Waals surface area contributed by atoms with Crippen LogP contribution in [0.25, 0.3) is 0 Å². The number of carbonyl (C=O) groups is 1. The number of hydrogen-bond acceptors (Lipinski definition) is 5. The number of amides is 1. The lowest BCUT2D eigenvalue weighted by atomic mass is 9.78. The Bertz CT molecular complexity index is 768. The van der Waals surface area contributed by atoms with Crippen molar-refractivity contribution in [1.82, 2.24) is 16.2 Å². The van der Waals surface area contributed by atoms with E-state index in [-0.39, 0.29) is 23.3 Å². The normalized spacial score (nSPS) is 24.1. The van der Waals surface area contributed by atoms with Gasteiger partial charge in [-0.05, 0) is 55.4 Å². The molecular formula is C19H27N5O3S. The molecule has 0 radical (unpaired) electrons. The molecule has 9 heteroatoms. The summed E-state index contributed by atoms with van der Waals surface area (Å²) in [5.74, 6) is 0.653. The van der Waals surface area contributed by atoms with Crippen molar-refractivity contribution in [2.24, 2.45) is 11.8 Å². The molecule has 0 aromatic heterocycles. The van der Waals surface area contributed by atoms with Crippen LogP contribution in [0.5, 0.6) is 0 Å². The molecule has 2 fully saturated rings. The van der Waals surface area contributed by atoms with Gasteiger partial charge in [0.1, 0.15) is 5.69 Å². The van der Waals surface area contributed by atoms with E-state index >= 15 is 0 Å². The number of anilines is 1. The fourth-order valence-corrected chi connectivity index (χ4v) is 3.77. The number of benzene rings is 1. The lowest BCUT2D eigenvalue weighted by Gasteiger charge is -2.35. The van der Waals surface area contributed by atoms with Gasteiger partial charge in [0.2, 0.25) is 0 Å². The summed E-state index contributed by atoms with van der Waals surface area (Å²) in [6, 6.07) is 4.98. The highest BCUT2D eigenvalue weighted by Gasteiger charge is 2.28. The van der Waals surface area contributed by atoms with Crippen molar-refractivity contribution in [2.45, 2.75) is 58.0 Å². The van der Waals surface area contributed by atoms with E-state index in [2.05, 4.69) is 35.3 Å². The average Bonchev–Trinajstić information content (AvgIpc) is 3.47. The number of nitro groups is 1. The molecule has 0 bridgehead atoms. The van der Waals surface area contributed by atoms with Crippen LogP contribution in [-0.2, 0) is 0 Å². The van der Waals surface area contributed by atoms with Gasteiger partial charge in [-0.1, -0.05) is 26.7 Å². The van der Waals surface area contributed by atoms with Crippen molar-refractivity contribution < 1.29 is 9.72 Å². The highest BCUT2D eigenvalue weighted by atomic mass is 32.1. The maximum atomic E-state index is 12.4. The van der Waals surface area contributed by atoms with Gasteiger partial charge < -0.3 is 10.6 Å². The second-order valence-electron chi connectivity index (χ2n) is 7.83. The molecule has 8 nitrogen and oxygen atoms in total. The molecule has 28 heavy (non-hydrogen) atoms.